The van der Waals surface area contributed by atoms with Gasteiger partial charge in [0.25, 0.3) is 5.91 Å². The zero-order chi connectivity index (χ0) is 21.5. The zero-order valence-electron chi connectivity index (χ0n) is 17.1. The molecule has 2 unspecified atom stereocenters. The molecule has 31 heavy (non-hydrogen) atoms. The number of alkyl halides is 1. The largest absolute Gasteiger partial charge is 0.351 e. The van der Waals surface area contributed by atoms with Gasteiger partial charge in [0.05, 0.1) is 36.4 Å². The number of hydrogen-bond donors (Lipinski definition) is 1. The minimum Gasteiger partial charge on any atom is -0.351 e. The number of halogens is 2. The second kappa shape index (κ2) is 7.84. The van der Waals surface area contributed by atoms with Crippen molar-refractivity contribution in [2.45, 2.75) is 32.0 Å². The van der Waals surface area contributed by atoms with E-state index in [-0.39, 0.29) is 29.6 Å². The van der Waals surface area contributed by atoms with E-state index in [2.05, 4.69) is 25.2 Å². The van der Waals surface area contributed by atoms with E-state index in [1.807, 2.05) is 4.90 Å². The number of imidazole rings is 1. The summed E-state index contributed by atoms with van der Waals surface area (Å²) in [7, 11) is 0. The Labute approximate surface area is 177 Å². The third-order valence-corrected chi connectivity index (χ3v) is 5.91. The average molecular weight is 427 g/mol. The lowest BCUT2D eigenvalue weighted by Crippen LogP contribution is -2.39. The van der Waals surface area contributed by atoms with Crippen LogP contribution in [0.4, 0.5) is 20.3 Å². The Morgan fingerprint density at radius 3 is 2.71 bits per heavy atom. The molecule has 2 saturated heterocycles. The predicted molar refractivity (Wildman–Crippen MR) is 112 cm³/mol. The van der Waals surface area contributed by atoms with Crippen molar-refractivity contribution in [3.63, 3.8) is 0 Å². The summed E-state index contributed by atoms with van der Waals surface area (Å²) in [6, 6.07) is 1.09. The second-order valence-electron chi connectivity index (χ2n) is 8.14. The molecule has 0 aliphatic carbocycles. The van der Waals surface area contributed by atoms with Crippen LogP contribution in [0.3, 0.4) is 0 Å². The van der Waals surface area contributed by atoms with Gasteiger partial charge < -0.3 is 14.6 Å². The summed E-state index contributed by atoms with van der Waals surface area (Å²) in [6.45, 7) is 4.47. The molecule has 0 radical (unpaired) electrons. The van der Waals surface area contributed by atoms with Gasteiger partial charge in [-0.2, -0.15) is 0 Å². The third kappa shape index (κ3) is 3.83. The van der Waals surface area contributed by atoms with Gasteiger partial charge in [0.1, 0.15) is 17.7 Å². The minimum atomic E-state index is -0.931. The van der Waals surface area contributed by atoms with Gasteiger partial charge >= 0.3 is 0 Å². The fraction of sp³-hybridized carbons (Fsp3) is 0.429. The summed E-state index contributed by atoms with van der Waals surface area (Å²) in [5, 5.41) is 2.63. The zero-order valence-corrected chi connectivity index (χ0v) is 17.1. The molecule has 2 aliphatic rings. The Hall–Kier alpha value is -3.14. The van der Waals surface area contributed by atoms with Gasteiger partial charge in [-0.1, -0.05) is 0 Å². The van der Waals surface area contributed by atoms with Crippen LogP contribution >= 0.6 is 0 Å². The molecular weight excluding hydrogens is 404 g/mol. The lowest BCUT2D eigenvalue weighted by Gasteiger charge is -2.24. The molecule has 0 saturated carbocycles. The van der Waals surface area contributed by atoms with E-state index in [4.69, 9.17) is 0 Å². The fourth-order valence-electron chi connectivity index (χ4n) is 4.40. The van der Waals surface area contributed by atoms with Crippen LogP contribution in [-0.4, -0.2) is 68.6 Å². The topological polar surface area (TPSA) is 78.7 Å². The maximum Gasteiger partial charge on any atom is 0.275 e. The highest BCUT2D eigenvalue weighted by molar-refractivity contribution is 6.02. The first-order valence-electron chi connectivity index (χ1n) is 10.4. The van der Waals surface area contributed by atoms with E-state index in [0.717, 1.165) is 25.9 Å². The fourth-order valence-corrected chi connectivity index (χ4v) is 4.40. The first kappa shape index (κ1) is 19.8. The van der Waals surface area contributed by atoms with E-state index in [1.54, 1.807) is 19.3 Å². The molecular formula is C21H23F2N7O. The number of rotatable bonds is 4. The number of nitrogens with zero attached hydrogens (tertiary/aromatic N) is 6. The average Bonchev–Trinajstić information content (AvgIpc) is 3.47. The molecule has 1 N–H and O–H groups in total. The summed E-state index contributed by atoms with van der Waals surface area (Å²) in [6.07, 6.45) is 7.40. The Bertz CT molecular complexity index is 1110. The third-order valence-electron chi connectivity index (χ3n) is 5.91. The highest BCUT2D eigenvalue weighted by Crippen LogP contribution is 2.26. The monoisotopic (exact) mass is 427 g/mol. The van der Waals surface area contributed by atoms with Gasteiger partial charge in [0.2, 0.25) is 0 Å². The molecule has 8 nitrogen and oxygen atoms in total. The number of likely N-dealkylation sites (tertiary alicyclic amines) is 1. The number of fused-ring (bicyclic) bond motifs is 1. The second-order valence-corrected chi connectivity index (χ2v) is 8.14. The standard InChI is InChI=1S/C21H23F2N7O/c1-13-9-30-10-14(6-15(22)20(30)26-13)27-21(31)17-7-25-19(8-24-17)29-11-16(23)18(12-29)28-4-2-3-5-28/h6-10,16,18H,2-5,11-12H2,1H3,(H,27,31). The van der Waals surface area contributed by atoms with Crippen molar-refractivity contribution in [3.05, 3.63) is 48.1 Å². The van der Waals surface area contributed by atoms with Crippen LogP contribution in [0.2, 0.25) is 0 Å². The minimum absolute atomic E-state index is 0.0955. The van der Waals surface area contributed by atoms with Crippen LogP contribution in [0.25, 0.3) is 5.65 Å². The molecule has 0 spiro atoms. The predicted octanol–water partition coefficient (Wildman–Crippen LogP) is 2.45. The van der Waals surface area contributed by atoms with Crippen LogP contribution in [0.1, 0.15) is 29.0 Å². The summed E-state index contributed by atoms with van der Waals surface area (Å²) < 4.78 is 30.3. The normalized spacial score (nSPS) is 21.8. The molecule has 2 fully saturated rings. The Morgan fingerprint density at radius 1 is 1.16 bits per heavy atom. The lowest BCUT2D eigenvalue weighted by atomic mass is 10.2. The maximum atomic E-state index is 14.5. The van der Waals surface area contributed by atoms with E-state index in [1.165, 1.54) is 22.9 Å². The first-order chi connectivity index (χ1) is 15.0. The molecule has 5 heterocycles. The Morgan fingerprint density at radius 2 is 1.97 bits per heavy atom. The first-order valence-corrected chi connectivity index (χ1v) is 10.4. The van der Waals surface area contributed by atoms with Crippen molar-refractivity contribution in [2.24, 2.45) is 0 Å². The van der Waals surface area contributed by atoms with Crippen LogP contribution in [0.15, 0.2) is 30.9 Å². The van der Waals surface area contributed by atoms with Gasteiger partial charge in [-0.25, -0.2) is 23.7 Å². The van der Waals surface area contributed by atoms with Crippen LogP contribution in [0.5, 0.6) is 0 Å². The number of nitrogens with one attached hydrogen (secondary N) is 1. The van der Waals surface area contributed by atoms with E-state index in [9.17, 15) is 13.6 Å². The molecule has 3 aromatic heterocycles. The van der Waals surface area contributed by atoms with Crippen molar-refractivity contribution in [1.82, 2.24) is 24.3 Å². The summed E-state index contributed by atoms with van der Waals surface area (Å²) in [5.41, 5.74) is 1.25. The molecule has 5 rings (SSSR count). The van der Waals surface area contributed by atoms with Gasteiger partial charge in [0.15, 0.2) is 11.5 Å². The number of hydrogen-bond acceptors (Lipinski definition) is 6. The molecule has 10 heteroatoms. The summed E-state index contributed by atoms with van der Waals surface area (Å²) >= 11 is 0. The van der Waals surface area contributed by atoms with E-state index >= 15 is 0 Å². The summed E-state index contributed by atoms with van der Waals surface area (Å²) in [5.74, 6) is -0.494. The van der Waals surface area contributed by atoms with Gasteiger partial charge in [-0.05, 0) is 32.9 Å². The van der Waals surface area contributed by atoms with Crippen molar-refractivity contribution >= 4 is 23.1 Å². The summed E-state index contributed by atoms with van der Waals surface area (Å²) in [4.78, 5) is 29.2. The van der Waals surface area contributed by atoms with Crippen molar-refractivity contribution in [1.29, 1.82) is 0 Å². The molecule has 1 amide bonds. The number of amides is 1. The molecule has 162 valence electrons. The number of anilines is 2. The SMILES string of the molecule is Cc1cn2cc(NC(=O)c3cnc(N4CC(F)C(N5CCCC5)C4)cn3)cc(F)c2n1. The van der Waals surface area contributed by atoms with Gasteiger partial charge in [0, 0.05) is 25.0 Å². The van der Waals surface area contributed by atoms with Crippen molar-refractivity contribution in [2.75, 3.05) is 36.4 Å². The highest BCUT2D eigenvalue weighted by atomic mass is 19.1. The maximum absolute atomic E-state index is 14.5. The van der Waals surface area contributed by atoms with E-state index < -0.39 is 17.9 Å². The van der Waals surface area contributed by atoms with Crippen LogP contribution in [-0.2, 0) is 0 Å². The Balaban J connectivity index is 1.27. The van der Waals surface area contributed by atoms with Crippen LogP contribution < -0.4 is 10.2 Å². The molecule has 3 aromatic rings. The smallest absolute Gasteiger partial charge is 0.275 e. The van der Waals surface area contributed by atoms with Gasteiger partial charge in [-0.3, -0.25) is 9.69 Å². The van der Waals surface area contributed by atoms with Crippen LogP contribution in [0, 0.1) is 12.7 Å². The van der Waals surface area contributed by atoms with Crippen molar-refractivity contribution in [3.8, 4) is 0 Å². The Kier molecular flexibility index (Phi) is 5.01. The van der Waals surface area contributed by atoms with Gasteiger partial charge in [-0.15, -0.1) is 0 Å². The van der Waals surface area contributed by atoms with E-state index in [0.29, 0.717) is 18.1 Å². The number of aryl methyl sites for hydroxylation is 1. The number of carbonyl (C=O) groups is 1. The number of pyridine rings is 1. The highest BCUT2D eigenvalue weighted by Gasteiger charge is 2.38. The lowest BCUT2D eigenvalue weighted by molar-refractivity contribution is 0.102. The van der Waals surface area contributed by atoms with Crippen molar-refractivity contribution < 1.29 is 13.6 Å². The number of aromatic nitrogens is 4. The molecule has 2 atom stereocenters. The number of carbonyl (C=O) groups excluding carboxylic acids is 1. The molecule has 2 aliphatic heterocycles. The quantitative estimate of drug-likeness (QED) is 0.689. The molecule has 0 aromatic carbocycles. The molecule has 0 bridgehead atoms.